The second kappa shape index (κ2) is 32.1. The molecule has 6 N–H and O–H groups in total. The van der Waals surface area contributed by atoms with E-state index >= 15 is 0 Å². The highest BCUT2D eigenvalue weighted by Gasteiger charge is 2.39. The minimum atomic E-state index is -0.882. The predicted octanol–water partition coefficient (Wildman–Crippen LogP) is 6.36. The summed E-state index contributed by atoms with van der Waals surface area (Å²) < 4.78 is 5.86. The molecule has 2 saturated heterocycles. The quantitative estimate of drug-likeness (QED) is 0.0338. The highest BCUT2D eigenvalue weighted by molar-refractivity contribution is 8.00. The van der Waals surface area contributed by atoms with Gasteiger partial charge in [-0.2, -0.15) is 11.8 Å². The number of unbranched alkanes of at least 4 members (excludes halogenated alkanes) is 3. The molecule has 20 heteroatoms. The van der Waals surface area contributed by atoms with E-state index in [4.69, 9.17) is 16.2 Å². The van der Waals surface area contributed by atoms with Gasteiger partial charge >= 0.3 is 5.97 Å². The Kier molecular flexibility index (Phi) is 26.9. The minimum absolute atomic E-state index is 0.0409. The number of imide groups is 1. The zero-order chi connectivity index (χ0) is 56.9. The van der Waals surface area contributed by atoms with Gasteiger partial charge in [-0.25, -0.2) is 4.98 Å². The van der Waals surface area contributed by atoms with E-state index in [9.17, 15) is 43.2 Å². The summed E-state index contributed by atoms with van der Waals surface area (Å²) in [6.45, 7) is 12.7. The molecule has 2 aliphatic rings. The number of nitrogens with zero attached hydrogens (tertiary/aromatic N) is 4. The van der Waals surface area contributed by atoms with Crippen LogP contribution in [0.3, 0.4) is 0 Å². The maximum atomic E-state index is 14.4. The van der Waals surface area contributed by atoms with Crippen molar-refractivity contribution in [2.75, 3.05) is 40.0 Å². The molecule has 18 nitrogen and oxygen atoms in total. The number of hydrogen-bond acceptors (Lipinski definition) is 15. The molecule has 4 rings (SSSR count). The van der Waals surface area contributed by atoms with Gasteiger partial charge in [0, 0.05) is 81.9 Å². The van der Waals surface area contributed by atoms with Crippen LogP contribution in [-0.4, -0.2) is 142 Å². The SMILES string of the molecule is CC[C@H](C)[C@H](CC(=O)[C@H]1CCCCN1C)C(=O)N(C)[C@H](C[C@@H](OC(C)=O)c1nc(C(=O)N[C@@H](Cc2ccc(CC(=O)[C@H](CCCCN)NC(=O)CCCCCN3C(=O)CC(SC)C3=O)cc2)CC(C)C(N)=O)cs1)C(C)C. The number of esters is 1. The Bertz CT molecular complexity index is 2310. The van der Waals surface area contributed by atoms with Gasteiger partial charge in [0.2, 0.25) is 29.5 Å². The smallest absolute Gasteiger partial charge is 0.303 e. The molecule has 428 valence electrons. The zero-order valence-electron chi connectivity index (χ0n) is 47.1. The first-order valence-corrected chi connectivity index (χ1v) is 29.9. The Hall–Kier alpha value is -5.05. The van der Waals surface area contributed by atoms with E-state index in [1.54, 1.807) is 24.3 Å². The number of nitrogens with one attached hydrogen (secondary N) is 2. The standard InChI is InChI=1S/C57H88N8O10S2/c1-10-36(4)42(31-48(68)45-19-14-17-26-63(45)7)56(73)64(8)46(35(2)3)32-49(75-38(6)66)55-62-44(34-77-55)54(72)60-41(28-37(5)53(59)71)29-39-21-23-40(24-22-39)30-47(67)43(18-13-15-25-58)61-51(69)20-12-11-16-27-65-52(70)33-50(76-9)57(65)74/h21-24,34-37,41-43,45-46,49-50H,10-20,25-33,58H2,1-9H3,(H2,59,71)(H,60,72)(H,61,69)/t36-,37?,41+,42-,43-,45+,46+,49+,50?/m0/s1. The van der Waals surface area contributed by atoms with Gasteiger partial charge in [-0.05, 0) is 107 Å². The number of thioether (sulfide) groups is 1. The molecular formula is C57H88N8O10S2. The van der Waals surface area contributed by atoms with Crippen molar-refractivity contribution in [1.82, 2.24) is 30.3 Å². The maximum absolute atomic E-state index is 14.4. The first kappa shape index (κ1) is 64.5. The zero-order valence-corrected chi connectivity index (χ0v) is 48.8. The summed E-state index contributed by atoms with van der Waals surface area (Å²) in [6.07, 6.45) is 9.49. The highest BCUT2D eigenvalue weighted by atomic mass is 32.2. The molecular weight excluding hydrogens is 1020 g/mol. The minimum Gasteiger partial charge on any atom is -0.455 e. The first-order chi connectivity index (χ1) is 36.6. The topological polar surface area (TPSA) is 262 Å². The number of amides is 6. The summed E-state index contributed by atoms with van der Waals surface area (Å²) in [5, 5.41) is 7.62. The van der Waals surface area contributed by atoms with Crippen molar-refractivity contribution in [1.29, 1.82) is 0 Å². The number of benzene rings is 1. The average molecular weight is 1110 g/mol. The molecule has 6 amide bonds. The fourth-order valence-electron chi connectivity index (χ4n) is 10.4. The molecule has 0 bridgehead atoms. The second-order valence-corrected chi connectivity index (χ2v) is 23.7. The fourth-order valence-corrected chi connectivity index (χ4v) is 11.9. The third-order valence-corrected chi connectivity index (χ3v) is 17.3. The molecule has 1 aromatic carbocycles. The summed E-state index contributed by atoms with van der Waals surface area (Å²) in [6, 6.07) is 5.52. The van der Waals surface area contributed by atoms with Crippen LogP contribution >= 0.6 is 23.1 Å². The number of likely N-dealkylation sites (tertiary alicyclic amines) is 2. The van der Waals surface area contributed by atoms with Crippen LogP contribution in [0.4, 0.5) is 0 Å². The van der Waals surface area contributed by atoms with Crippen LogP contribution in [0.1, 0.15) is 171 Å². The van der Waals surface area contributed by atoms with Crippen LogP contribution in [0.25, 0.3) is 0 Å². The van der Waals surface area contributed by atoms with Gasteiger partial charge in [-0.3, -0.25) is 53.0 Å². The molecule has 1 aromatic heterocycles. The van der Waals surface area contributed by atoms with Gasteiger partial charge in [0.15, 0.2) is 17.7 Å². The van der Waals surface area contributed by atoms with Crippen molar-refractivity contribution in [2.45, 2.75) is 186 Å². The van der Waals surface area contributed by atoms with Crippen molar-refractivity contribution in [2.24, 2.45) is 35.1 Å². The molecule has 0 radical (unpaired) electrons. The maximum Gasteiger partial charge on any atom is 0.303 e. The number of likely N-dealkylation sites (N-methyl/N-ethyl adjacent to an activating group) is 1. The fraction of sp³-hybridized carbons (Fsp3) is 0.684. The number of aromatic nitrogens is 1. The molecule has 0 aliphatic carbocycles. The number of hydrogen-bond donors (Lipinski definition) is 4. The number of carbonyl (C=O) groups is 9. The van der Waals surface area contributed by atoms with Gasteiger partial charge in [0.1, 0.15) is 10.7 Å². The van der Waals surface area contributed by atoms with Gasteiger partial charge < -0.3 is 31.7 Å². The second-order valence-electron chi connectivity index (χ2n) is 21.7. The molecule has 2 unspecified atom stereocenters. The number of primary amides is 1. The van der Waals surface area contributed by atoms with Crippen LogP contribution in [0.2, 0.25) is 0 Å². The van der Waals surface area contributed by atoms with E-state index in [1.165, 1.54) is 23.6 Å². The normalized spacial score (nSPS) is 18.7. The van der Waals surface area contributed by atoms with Crippen molar-refractivity contribution in [3.8, 4) is 0 Å². The summed E-state index contributed by atoms with van der Waals surface area (Å²) in [5.74, 6) is -3.52. The number of rotatable bonds is 34. The number of ketones is 2. The molecule has 0 spiro atoms. The summed E-state index contributed by atoms with van der Waals surface area (Å²) in [7, 11) is 3.72. The number of carbonyl (C=O) groups excluding carboxylic acids is 9. The summed E-state index contributed by atoms with van der Waals surface area (Å²) >= 11 is 2.54. The van der Waals surface area contributed by atoms with E-state index in [1.807, 2.05) is 65.3 Å². The lowest BCUT2D eigenvalue weighted by molar-refractivity contribution is -0.149. The number of ether oxygens (including phenoxy) is 1. The Morgan fingerprint density at radius 2 is 1.65 bits per heavy atom. The molecule has 2 fully saturated rings. The van der Waals surface area contributed by atoms with E-state index in [0.29, 0.717) is 63.0 Å². The van der Waals surface area contributed by atoms with E-state index in [-0.39, 0.29) is 103 Å². The van der Waals surface area contributed by atoms with Crippen molar-refractivity contribution >= 4 is 76.1 Å². The third kappa shape index (κ3) is 20.0. The van der Waals surface area contributed by atoms with E-state index in [2.05, 4.69) is 20.5 Å². The first-order valence-electron chi connectivity index (χ1n) is 27.8. The third-order valence-electron chi connectivity index (χ3n) is 15.4. The number of thiazole rings is 1. The van der Waals surface area contributed by atoms with Gasteiger partial charge in [-0.15, -0.1) is 11.3 Å². The van der Waals surface area contributed by atoms with Gasteiger partial charge in [-0.1, -0.05) is 78.1 Å². The van der Waals surface area contributed by atoms with Crippen LogP contribution < -0.4 is 22.1 Å². The van der Waals surface area contributed by atoms with Crippen LogP contribution in [-0.2, 0) is 55.9 Å². The van der Waals surface area contributed by atoms with Crippen molar-refractivity contribution in [3.05, 3.63) is 51.5 Å². The monoisotopic (exact) mass is 1110 g/mol. The Balaban J connectivity index is 1.41. The average Bonchev–Trinajstić information content (AvgIpc) is 4.00. The van der Waals surface area contributed by atoms with E-state index in [0.717, 1.165) is 54.7 Å². The summed E-state index contributed by atoms with van der Waals surface area (Å²) in [5.41, 5.74) is 13.1. The highest BCUT2D eigenvalue weighted by Crippen LogP contribution is 2.33. The predicted molar refractivity (Wildman–Crippen MR) is 301 cm³/mol. The molecule has 3 heterocycles. The molecule has 9 atom stereocenters. The molecule has 77 heavy (non-hydrogen) atoms. The molecule has 2 aliphatic heterocycles. The number of piperidine rings is 1. The van der Waals surface area contributed by atoms with Crippen molar-refractivity contribution < 1.29 is 47.9 Å². The van der Waals surface area contributed by atoms with Crippen LogP contribution in [0.15, 0.2) is 29.6 Å². The molecule has 0 saturated carbocycles. The van der Waals surface area contributed by atoms with Crippen LogP contribution in [0.5, 0.6) is 0 Å². The Labute approximate surface area is 465 Å². The largest absolute Gasteiger partial charge is 0.455 e. The Morgan fingerprint density at radius 3 is 2.26 bits per heavy atom. The number of Topliss-reactive ketones (excluding diaryl/α,β-unsaturated/α-hetero) is 2. The lowest BCUT2D eigenvalue weighted by atomic mass is 9.83. The van der Waals surface area contributed by atoms with Crippen LogP contribution in [0, 0.1) is 23.7 Å². The number of nitrogens with two attached hydrogens (primary N) is 2. The lowest BCUT2D eigenvalue weighted by Crippen LogP contribution is -2.48. The lowest BCUT2D eigenvalue weighted by Gasteiger charge is -2.37. The van der Waals surface area contributed by atoms with Gasteiger partial charge in [0.25, 0.3) is 5.91 Å². The van der Waals surface area contributed by atoms with Crippen molar-refractivity contribution in [3.63, 3.8) is 0 Å². The van der Waals surface area contributed by atoms with E-state index < -0.39 is 53.8 Å². The summed E-state index contributed by atoms with van der Waals surface area (Å²) in [4.78, 5) is 128. The Morgan fingerprint density at radius 1 is 0.948 bits per heavy atom. The van der Waals surface area contributed by atoms with Gasteiger partial charge in [0.05, 0.1) is 17.3 Å². The molecule has 2 aromatic rings.